The van der Waals surface area contributed by atoms with Crippen LogP contribution in [0.4, 0.5) is 0 Å². The summed E-state index contributed by atoms with van der Waals surface area (Å²) in [6.07, 6.45) is -1.33. The maximum Gasteiger partial charge on any atom is 0.244 e. The van der Waals surface area contributed by atoms with Gasteiger partial charge in [-0.2, -0.15) is 15.8 Å². The number of nitriles is 3. The van der Waals surface area contributed by atoms with Gasteiger partial charge in [-0.25, -0.2) is 0 Å². The van der Waals surface area contributed by atoms with Gasteiger partial charge in [0.1, 0.15) is 11.9 Å². The molecule has 9 heteroatoms. The average Bonchev–Trinajstić information content (AvgIpc) is 2.97. The van der Waals surface area contributed by atoms with E-state index in [1.807, 2.05) is 12.1 Å². The molecule has 0 saturated carbocycles. The number of halogens is 2. The van der Waals surface area contributed by atoms with Gasteiger partial charge in [0.15, 0.2) is 5.41 Å². The van der Waals surface area contributed by atoms with E-state index in [-0.39, 0.29) is 15.6 Å². The highest BCUT2D eigenvalue weighted by molar-refractivity contribution is 6.42. The molecule has 2 aromatic carbocycles. The third kappa shape index (κ3) is 2.46. The van der Waals surface area contributed by atoms with Crippen molar-refractivity contribution in [1.29, 1.82) is 21.2 Å². The van der Waals surface area contributed by atoms with Gasteiger partial charge in [-0.05, 0) is 30.3 Å². The Morgan fingerprint density at radius 3 is 2.25 bits per heavy atom. The van der Waals surface area contributed by atoms with E-state index in [2.05, 4.69) is 6.07 Å². The Morgan fingerprint density at radius 2 is 1.69 bits per heavy atom. The Kier molecular flexibility index (Phi) is 5.07. The van der Waals surface area contributed by atoms with Crippen molar-refractivity contribution in [3.8, 4) is 24.0 Å². The largest absolute Gasteiger partial charge is 0.497 e. The zero-order valence-electron chi connectivity index (χ0n) is 17.0. The van der Waals surface area contributed by atoms with Crippen molar-refractivity contribution in [3.05, 3.63) is 63.6 Å². The highest BCUT2D eigenvalue weighted by Crippen LogP contribution is 2.69. The molecule has 0 radical (unpaired) electrons. The summed E-state index contributed by atoms with van der Waals surface area (Å²) in [5, 5.41) is 39.7. The predicted octanol–water partition coefficient (Wildman–Crippen LogP) is 5.11. The summed E-state index contributed by atoms with van der Waals surface area (Å²) < 4.78 is 17.6. The number of benzene rings is 2. The summed E-state index contributed by atoms with van der Waals surface area (Å²) in [6.45, 7) is 1.63. The molecule has 4 atom stereocenters. The van der Waals surface area contributed by atoms with Crippen LogP contribution in [0.3, 0.4) is 0 Å². The fourth-order valence-electron chi connectivity index (χ4n) is 4.69. The summed E-state index contributed by atoms with van der Waals surface area (Å²) >= 11 is 12.7. The van der Waals surface area contributed by atoms with Crippen molar-refractivity contribution >= 4 is 29.1 Å². The fourth-order valence-corrected chi connectivity index (χ4v) is 5.10. The van der Waals surface area contributed by atoms with E-state index in [0.29, 0.717) is 11.3 Å². The molecule has 2 aromatic rings. The van der Waals surface area contributed by atoms with E-state index in [4.69, 9.17) is 42.8 Å². The van der Waals surface area contributed by atoms with Crippen molar-refractivity contribution in [1.82, 2.24) is 0 Å². The molecule has 1 N–H and O–H groups in total. The van der Waals surface area contributed by atoms with Crippen molar-refractivity contribution < 1.29 is 14.2 Å². The van der Waals surface area contributed by atoms with E-state index in [9.17, 15) is 15.8 Å². The molecule has 0 aromatic heterocycles. The molecule has 0 spiro atoms. The number of hydrogen-bond donors (Lipinski definition) is 1. The predicted molar refractivity (Wildman–Crippen MR) is 115 cm³/mol. The summed E-state index contributed by atoms with van der Waals surface area (Å²) in [5.41, 5.74) is -3.30. The lowest BCUT2D eigenvalue weighted by atomic mass is 9.53. The number of nitrogens with zero attached hydrogens (tertiary/aromatic N) is 3. The molecule has 2 bridgehead atoms. The highest BCUT2D eigenvalue weighted by atomic mass is 35.5. The first-order valence-electron chi connectivity index (χ1n) is 9.56. The number of rotatable bonds is 3. The minimum Gasteiger partial charge on any atom is -0.497 e. The molecule has 0 aliphatic carbocycles. The number of methoxy groups -OCH3 is 1. The minimum absolute atomic E-state index is 0.0903. The number of hydrogen-bond acceptors (Lipinski definition) is 7. The molecular weight excluding hydrogens is 451 g/mol. The average molecular weight is 467 g/mol. The second kappa shape index (κ2) is 7.40. The van der Waals surface area contributed by atoms with Gasteiger partial charge < -0.3 is 14.2 Å². The summed E-state index contributed by atoms with van der Waals surface area (Å²) in [5.74, 6) is -2.42. The number of fused-ring (bicyclic) bond motifs is 2. The van der Waals surface area contributed by atoms with Crippen LogP contribution in [0.1, 0.15) is 24.2 Å². The second-order valence-corrected chi connectivity index (χ2v) is 8.43. The topological polar surface area (TPSA) is 123 Å². The summed E-state index contributed by atoms with van der Waals surface area (Å²) in [4.78, 5) is 0. The van der Waals surface area contributed by atoms with Gasteiger partial charge in [0, 0.05) is 11.1 Å². The van der Waals surface area contributed by atoms with Crippen LogP contribution in [0.15, 0.2) is 42.5 Å². The van der Waals surface area contributed by atoms with Crippen LogP contribution < -0.4 is 4.74 Å². The van der Waals surface area contributed by atoms with Gasteiger partial charge in [0.05, 0.1) is 41.3 Å². The van der Waals surface area contributed by atoms with Gasteiger partial charge in [-0.3, -0.25) is 5.41 Å². The molecule has 2 heterocycles. The molecule has 2 aliphatic rings. The third-order valence-electron chi connectivity index (χ3n) is 6.43. The van der Waals surface area contributed by atoms with Gasteiger partial charge in [0.2, 0.25) is 17.1 Å². The molecule has 2 aliphatic heterocycles. The highest BCUT2D eigenvalue weighted by Gasteiger charge is 2.79. The first kappa shape index (κ1) is 21.9. The lowest BCUT2D eigenvalue weighted by Crippen LogP contribution is -2.57. The number of ether oxygens (including phenoxy) is 3. The molecule has 4 rings (SSSR count). The monoisotopic (exact) mass is 466 g/mol. The Morgan fingerprint density at radius 1 is 1.03 bits per heavy atom. The van der Waals surface area contributed by atoms with Crippen molar-refractivity contribution in [2.75, 3.05) is 7.11 Å². The summed E-state index contributed by atoms with van der Waals surface area (Å²) in [6, 6.07) is 17.6. The van der Waals surface area contributed by atoms with Gasteiger partial charge in [0.25, 0.3) is 0 Å². The van der Waals surface area contributed by atoms with E-state index < -0.39 is 34.5 Å². The van der Waals surface area contributed by atoms with E-state index in [1.165, 1.54) is 7.11 Å². The van der Waals surface area contributed by atoms with Gasteiger partial charge in [-0.15, -0.1) is 0 Å². The van der Waals surface area contributed by atoms with Gasteiger partial charge >= 0.3 is 0 Å². The van der Waals surface area contributed by atoms with Crippen molar-refractivity contribution in [2.24, 2.45) is 16.7 Å². The standard InChI is InChI=1S/C23H16Cl2N4O3/c1-13-22(12-28)20(29)32-23(13,14-6-8-15(30-2)9-7-14)31-19(21(22,10-26)11-27)16-4-3-5-17(24)18(16)25/h3-9,13,19,29H,1-2H3. The zero-order valence-corrected chi connectivity index (χ0v) is 18.5. The lowest BCUT2D eigenvalue weighted by molar-refractivity contribution is -0.288. The van der Waals surface area contributed by atoms with Crippen molar-refractivity contribution in [2.45, 2.75) is 18.8 Å². The zero-order chi connectivity index (χ0) is 23.3. The second-order valence-electron chi connectivity index (χ2n) is 7.64. The van der Waals surface area contributed by atoms with Crippen LogP contribution in [-0.2, 0) is 15.3 Å². The minimum atomic E-state index is -2.13. The van der Waals surface area contributed by atoms with Crippen LogP contribution in [-0.4, -0.2) is 13.0 Å². The van der Waals surface area contributed by atoms with Gasteiger partial charge in [-0.1, -0.05) is 42.3 Å². The van der Waals surface area contributed by atoms with Crippen molar-refractivity contribution in [3.63, 3.8) is 0 Å². The molecule has 2 fully saturated rings. The molecule has 32 heavy (non-hydrogen) atoms. The fraction of sp³-hybridized carbons (Fsp3) is 0.304. The first-order chi connectivity index (χ1) is 15.3. The molecule has 7 nitrogen and oxygen atoms in total. The van der Waals surface area contributed by atoms with Crippen LogP contribution in [0.25, 0.3) is 0 Å². The van der Waals surface area contributed by atoms with Crippen LogP contribution in [0.5, 0.6) is 5.75 Å². The quantitative estimate of drug-likeness (QED) is 0.669. The van der Waals surface area contributed by atoms with Crippen LogP contribution >= 0.6 is 23.2 Å². The van der Waals surface area contributed by atoms with Crippen LogP contribution in [0.2, 0.25) is 10.0 Å². The summed E-state index contributed by atoms with van der Waals surface area (Å²) in [7, 11) is 1.53. The Hall–Kier alpha value is -3.28. The molecule has 2 saturated heterocycles. The Bertz CT molecular complexity index is 1230. The maximum absolute atomic E-state index is 10.3. The SMILES string of the molecule is COc1ccc(C23OC(=N)C(C#N)(C2C)C(C#N)(C#N)C(c2cccc(Cl)c2Cl)O3)cc1. The number of nitrogens with one attached hydrogen (secondary N) is 1. The van der Waals surface area contributed by atoms with E-state index in [1.54, 1.807) is 49.4 Å². The maximum atomic E-state index is 10.3. The Balaban J connectivity index is 2.04. The molecule has 0 amide bonds. The Labute approximate surface area is 194 Å². The molecule has 160 valence electrons. The molecular formula is C23H16Cl2N4O3. The molecule has 4 unspecified atom stereocenters. The smallest absolute Gasteiger partial charge is 0.244 e. The lowest BCUT2D eigenvalue weighted by Gasteiger charge is -2.49. The van der Waals surface area contributed by atoms with E-state index in [0.717, 1.165) is 0 Å². The normalized spacial score (nSPS) is 29.8. The van der Waals surface area contributed by atoms with E-state index >= 15 is 0 Å². The van der Waals surface area contributed by atoms with Crippen LogP contribution in [0, 0.1) is 56.2 Å². The third-order valence-corrected chi connectivity index (χ3v) is 7.26. The first-order valence-corrected chi connectivity index (χ1v) is 10.3.